The van der Waals surface area contributed by atoms with Crippen molar-refractivity contribution >= 4 is 23.7 Å². The maximum atomic E-state index is 12.8. The largest absolute Gasteiger partial charge is 0.416 e. The van der Waals surface area contributed by atoms with Gasteiger partial charge in [0.2, 0.25) is 5.91 Å². The summed E-state index contributed by atoms with van der Waals surface area (Å²) in [6.45, 7) is 6.46. The predicted octanol–water partition coefficient (Wildman–Crippen LogP) is 4.11. The zero-order valence-corrected chi connectivity index (χ0v) is 17.2. The molecule has 0 saturated carbocycles. The van der Waals surface area contributed by atoms with Crippen LogP contribution >= 0.6 is 11.8 Å². The van der Waals surface area contributed by atoms with Crippen LogP contribution < -0.4 is 5.32 Å². The lowest BCUT2D eigenvalue weighted by Gasteiger charge is -2.26. The zero-order chi connectivity index (χ0) is 21.1. The highest BCUT2D eigenvalue weighted by atomic mass is 32.2. The van der Waals surface area contributed by atoms with Crippen molar-refractivity contribution in [3.8, 4) is 0 Å². The minimum atomic E-state index is -4.38. The number of alkyl halides is 3. The third-order valence-electron chi connectivity index (χ3n) is 4.42. The Kier molecular flexibility index (Phi) is 7.25. The van der Waals surface area contributed by atoms with Gasteiger partial charge in [0, 0.05) is 26.2 Å². The minimum absolute atomic E-state index is 0.0378. The van der Waals surface area contributed by atoms with Crippen molar-refractivity contribution in [3.63, 3.8) is 0 Å². The van der Waals surface area contributed by atoms with Crippen LogP contribution in [0.1, 0.15) is 43.7 Å². The van der Waals surface area contributed by atoms with Gasteiger partial charge in [0.05, 0.1) is 10.8 Å². The van der Waals surface area contributed by atoms with Crippen LogP contribution in [-0.2, 0) is 11.0 Å². The molecule has 1 heterocycles. The molecule has 1 aromatic carbocycles. The molecule has 2 atom stereocenters. The van der Waals surface area contributed by atoms with E-state index in [2.05, 4.69) is 5.32 Å². The van der Waals surface area contributed by atoms with E-state index in [1.54, 1.807) is 23.8 Å². The van der Waals surface area contributed by atoms with Crippen molar-refractivity contribution in [2.24, 2.45) is 0 Å². The van der Waals surface area contributed by atoms with Crippen molar-refractivity contribution in [1.29, 1.82) is 0 Å². The van der Waals surface area contributed by atoms with Crippen LogP contribution in [0.25, 0.3) is 0 Å². The van der Waals surface area contributed by atoms with Gasteiger partial charge in [-0.05, 0) is 44.9 Å². The summed E-state index contributed by atoms with van der Waals surface area (Å²) in [5, 5.41) is 2.22. The first kappa shape index (κ1) is 22.4. The molecule has 0 bridgehead atoms. The molecule has 156 valence electrons. The molecule has 1 saturated heterocycles. The number of nitrogens with one attached hydrogen (secondary N) is 1. The molecule has 0 aromatic heterocycles. The highest BCUT2D eigenvalue weighted by Gasteiger charge is 2.38. The SMILES string of the molecule is CC(C)NC(=O)N(C)CCCN1C(=O)[C@@H](C)S[C@@H]1c1ccc(C(F)(F)F)cc1. The minimum Gasteiger partial charge on any atom is -0.336 e. The Labute approximate surface area is 167 Å². The van der Waals surface area contributed by atoms with Crippen LogP contribution in [0.2, 0.25) is 0 Å². The van der Waals surface area contributed by atoms with E-state index < -0.39 is 11.7 Å². The molecule has 9 heteroatoms. The molecule has 0 aliphatic carbocycles. The lowest BCUT2D eigenvalue weighted by Crippen LogP contribution is -2.42. The monoisotopic (exact) mass is 417 g/mol. The van der Waals surface area contributed by atoms with E-state index in [0.717, 1.165) is 12.1 Å². The van der Waals surface area contributed by atoms with Gasteiger partial charge < -0.3 is 15.1 Å². The first-order valence-electron chi connectivity index (χ1n) is 9.15. The molecule has 1 aliphatic rings. The second kappa shape index (κ2) is 9.07. The van der Waals surface area contributed by atoms with Crippen molar-refractivity contribution in [2.45, 2.75) is 50.0 Å². The highest BCUT2D eigenvalue weighted by Crippen LogP contribution is 2.43. The topological polar surface area (TPSA) is 52.7 Å². The van der Waals surface area contributed by atoms with Crippen LogP contribution in [0.15, 0.2) is 24.3 Å². The average molecular weight is 417 g/mol. The Morgan fingerprint density at radius 2 is 1.89 bits per heavy atom. The normalized spacial score (nSPS) is 20.0. The Balaban J connectivity index is 2.01. The van der Waals surface area contributed by atoms with Crippen LogP contribution in [-0.4, -0.2) is 53.2 Å². The third-order valence-corrected chi connectivity index (χ3v) is 5.82. The van der Waals surface area contributed by atoms with Gasteiger partial charge in [-0.15, -0.1) is 11.8 Å². The number of hydrogen-bond donors (Lipinski definition) is 1. The van der Waals surface area contributed by atoms with Crippen molar-refractivity contribution < 1.29 is 22.8 Å². The van der Waals surface area contributed by atoms with E-state index in [9.17, 15) is 22.8 Å². The van der Waals surface area contributed by atoms with E-state index in [4.69, 9.17) is 0 Å². The van der Waals surface area contributed by atoms with Gasteiger partial charge in [-0.3, -0.25) is 4.79 Å². The number of amides is 3. The van der Waals surface area contributed by atoms with Crippen LogP contribution in [0.5, 0.6) is 0 Å². The second-order valence-corrected chi connectivity index (χ2v) is 8.59. The van der Waals surface area contributed by atoms with Crippen LogP contribution in [0.3, 0.4) is 0 Å². The Bertz CT molecular complexity index is 695. The van der Waals surface area contributed by atoms with Crippen molar-refractivity contribution in [1.82, 2.24) is 15.1 Å². The summed E-state index contributed by atoms with van der Waals surface area (Å²) >= 11 is 1.42. The van der Waals surface area contributed by atoms with Gasteiger partial charge in [0.25, 0.3) is 0 Å². The summed E-state index contributed by atoms with van der Waals surface area (Å²) in [5.41, 5.74) is -0.0374. The Hall–Kier alpha value is -1.90. The van der Waals surface area contributed by atoms with Gasteiger partial charge in [-0.2, -0.15) is 13.2 Å². The summed E-state index contributed by atoms with van der Waals surface area (Å²) < 4.78 is 38.3. The van der Waals surface area contributed by atoms with Crippen LogP contribution in [0.4, 0.5) is 18.0 Å². The molecule has 5 nitrogen and oxygen atoms in total. The average Bonchev–Trinajstić information content (AvgIpc) is 2.88. The predicted molar refractivity (Wildman–Crippen MR) is 104 cm³/mol. The van der Waals surface area contributed by atoms with Gasteiger partial charge in [-0.25, -0.2) is 4.79 Å². The fraction of sp³-hybridized carbons (Fsp3) is 0.579. The number of carbonyl (C=O) groups excluding carboxylic acids is 2. The molecule has 0 spiro atoms. The summed E-state index contributed by atoms with van der Waals surface area (Å²) in [5.74, 6) is -0.0378. The molecule has 0 unspecified atom stereocenters. The molecule has 1 aromatic rings. The first-order chi connectivity index (χ1) is 13.0. The lowest BCUT2D eigenvalue weighted by molar-refractivity contribution is -0.137. The molecule has 2 rings (SSSR count). The van der Waals surface area contributed by atoms with E-state index in [-0.39, 0.29) is 28.6 Å². The molecule has 1 aliphatic heterocycles. The first-order valence-corrected chi connectivity index (χ1v) is 10.1. The maximum Gasteiger partial charge on any atom is 0.416 e. The van der Waals surface area contributed by atoms with E-state index >= 15 is 0 Å². The number of rotatable bonds is 6. The number of carbonyl (C=O) groups is 2. The number of benzene rings is 1. The van der Waals surface area contributed by atoms with E-state index in [0.29, 0.717) is 25.1 Å². The Morgan fingerprint density at radius 1 is 1.29 bits per heavy atom. The quantitative estimate of drug-likeness (QED) is 0.758. The van der Waals surface area contributed by atoms with Gasteiger partial charge in [0.15, 0.2) is 0 Å². The van der Waals surface area contributed by atoms with Crippen LogP contribution in [0, 0.1) is 0 Å². The maximum absolute atomic E-state index is 12.8. The standard InChI is InChI=1S/C19H26F3N3O2S/c1-12(2)23-18(27)24(4)10-5-11-25-16(26)13(3)28-17(25)14-6-8-15(9-7-14)19(20,21)22/h6-9,12-13,17H,5,10-11H2,1-4H3,(H,23,27)/t13-,17-/m1/s1. The molecule has 28 heavy (non-hydrogen) atoms. The summed E-state index contributed by atoms with van der Waals surface area (Å²) in [4.78, 5) is 27.7. The highest BCUT2D eigenvalue weighted by molar-refractivity contribution is 8.01. The lowest BCUT2D eigenvalue weighted by atomic mass is 10.1. The van der Waals surface area contributed by atoms with Gasteiger partial charge in [0.1, 0.15) is 5.37 Å². The zero-order valence-electron chi connectivity index (χ0n) is 16.4. The summed E-state index contributed by atoms with van der Waals surface area (Å²) in [7, 11) is 1.69. The number of hydrogen-bond acceptors (Lipinski definition) is 3. The molecular formula is C19H26F3N3O2S. The smallest absolute Gasteiger partial charge is 0.336 e. The fourth-order valence-electron chi connectivity index (χ4n) is 2.93. The van der Waals surface area contributed by atoms with Gasteiger partial charge >= 0.3 is 12.2 Å². The summed E-state index contributed by atoms with van der Waals surface area (Å²) in [6, 6.07) is 4.82. The van der Waals surface area contributed by atoms with Crippen molar-refractivity contribution in [3.05, 3.63) is 35.4 Å². The van der Waals surface area contributed by atoms with Gasteiger partial charge in [-0.1, -0.05) is 12.1 Å². The molecule has 1 N–H and O–H groups in total. The second-order valence-electron chi connectivity index (χ2n) is 7.16. The number of thioether (sulfide) groups is 1. The number of urea groups is 1. The number of nitrogens with zero attached hydrogens (tertiary/aromatic N) is 2. The Morgan fingerprint density at radius 3 is 2.43 bits per heavy atom. The number of halogens is 3. The fourth-order valence-corrected chi connectivity index (χ4v) is 4.24. The van der Waals surface area contributed by atoms with Crippen molar-refractivity contribution in [2.75, 3.05) is 20.1 Å². The molecule has 1 fully saturated rings. The van der Waals surface area contributed by atoms with E-state index in [1.165, 1.54) is 23.9 Å². The molecule has 0 radical (unpaired) electrons. The molecule has 3 amide bonds. The molecular weight excluding hydrogens is 391 g/mol. The summed E-state index contributed by atoms with van der Waals surface area (Å²) in [6.07, 6.45) is -3.80. The third kappa shape index (κ3) is 5.56. The van der Waals surface area contributed by atoms with E-state index in [1.807, 2.05) is 13.8 Å².